The summed E-state index contributed by atoms with van der Waals surface area (Å²) in [4.78, 5) is 15.5. The molecule has 0 saturated heterocycles. The van der Waals surface area contributed by atoms with Crippen molar-refractivity contribution in [3.05, 3.63) is 52.7 Å². The third-order valence-corrected chi connectivity index (χ3v) is 3.71. The van der Waals surface area contributed by atoms with E-state index >= 15 is 0 Å². The second-order valence-electron chi connectivity index (χ2n) is 5.25. The first-order valence-electron chi connectivity index (χ1n) is 7.83. The van der Waals surface area contributed by atoms with Crippen LogP contribution >= 0.6 is 11.6 Å². The predicted molar refractivity (Wildman–Crippen MR) is 93.5 cm³/mol. The lowest BCUT2D eigenvalue weighted by atomic mass is 10.2. The Bertz CT molecular complexity index is 674. The van der Waals surface area contributed by atoms with Gasteiger partial charge >= 0.3 is 5.97 Å². The van der Waals surface area contributed by atoms with E-state index in [-0.39, 0.29) is 5.97 Å². The van der Waals surface area contributed by atoms with Crippen molar-refractivity contribution < 1.29 is 14.3 Å². The average Bonchev–Trinajstić information content (AvgIpc) is 2.57. The van der Waals surface area contributed by atoms with Crippen LogP contribution in [-0.4, -0.2) is 24.1 Å². The van der Waals surface area contributed by atoms with E-state index in [4.69, 9.17) is 21.1 Å². The van der Waals surface area contributed by atoms with Gasteiger partial charge in [-0.05, 0) is 37.1 Å². The summed E-state index contributed by atoms with van der Waals surface area (Å²) < 4.78 is 10.5. The first kappa shape index (κ1) is 18.2. The highest BCUT2D eigenvalue weighted by molar-refractivity contribution is 6.31. The zero-order valence-electron chi connectivity index (χ0n) is 13.8. The Balaban J connectivity index is 1.80. The number of esters is 1. The topological polar surface area (TPSA) is 60.5 Å². The van der Waals surface area contributed by atoms with Crippen LogP contribution in [0.5, 0.6) is 11.6 Å². The number of nitrogens with one attached hydrogen (secondary N) is 1. The lowest BCUT2D eigenvalue weighted by molar-refractivity contribution is -0.142. The van der Waals surface area contributed by atoms with Crippen molar-refractivity contribution in [2.75, 3.05) is 13.2 Å². The summed E-state index contributed by atoms with van der Waals surface area (Å²) in [6.45, 7) is 5.34. The predicted octanol–water partition coefficient (Wildman–Crippen LogP) is 3.88. The molecule has 24 heavy (non-hydrogen) atoms. The molecule has 2 rings (SSSR count). The molecular formula is C18H21ClN2O3. The smallest absolute Gasteiger partial charge is 0.307 e. The number of ether oxygens (including phenoxy) is 2. The van der Waals surface area contributed by atoms with Crippen LogP contribution in [0.1, 0.15) is 24.5 Å². The van der Waals surface area contributed by atoms with Crippen LogP contribution in [0.25, 0.3) is 0 Å². The monoisotopic (exact) mass is 348 g/mol. The van der Waals surface area contributed by atoms with Gasteiger partial charge in [-0.1, -0.05) is 23.7 Å². The molecule has 0 radical (unpaired) electrons. The summed E-state index contributed by atoms with van der Waals surface area (Å²) in [7, 11) is 0. The normalized spacial score (nSPS) is 10.5. The maximum absolute atomic E-state index is 11.2. The number of hydrogen-bond donors (Lipinski definition) is 1. The molecule has 1 N–H and O–H groups in total. The molecule has 0 bridgehead atoms. The number of aromatic nitrogens is 1. The van der Waals surface area contributed by atoms with Gasteiger partial charge in [0.1, 0.15) is 5.75 Å². The Morgan fingerprint density at radius 1 is 1.29 bits per heavy atom. The molecule has 6 heteroatoms. The van der Waals surface area contributed by atoms with Crippen molar-refractivity contribution in [2.24, 2.45) is 0 Å². The maximum atomic E-state index is 11.2. The van der Waals surface area contributed by atoms with Gasteiger partial charge in [0.05, 0.1) is 13.0 Å². The summed E-state index contributed by atoms with van der Waals surface area (Å²) >= 11 is 6.08. The number of hydrogen-bond acceptors (Lipinski definition) is 5. The fourth-order valence-corrected chi connectivity index (χ4v) is 2.16. The minimum absolute atomic E-state index is 0.191. The van der Waals surface area contributed by atoms with E-state index in [1.165, 1.54) is 0 Å². The second kappa shape index (κ2) is 9.25. The van der Waals surface area contributed by atoms with Gasteiger partial charge in [0.25, 0.3) is 0 Å². The highest BCUT2D eigenvalue weighted by Crippen LogP contribution is 2.25. The van der Waals surface area contributed by atoms with E-state index < -0.39 is 0 Å². The largest absolute Gasteiger partial charge is 0.466 e. The number of pyridine rings is 1. The Labute approximate surface area is 147 Å². The first-order valence-corrected chi connectivity index (χ1v) is 8.21. The van der Waals surface area contributed by atoms with Gasteiger partial charge in [0.15, 0.2) is 0 Å². The van der Waals surface area contributed by atoms with Crippen molar-refractivity contribution in [2.45, 2.75) is 26.8 Å². The Morgan fingerprint density at radius 2 is 2.12 bits per heavy atom. The molecule has 0 aliphatic rings. The maximum Gasteiger partial charge on any atom is 0.307 e. The third-order valence-electron chi connectivity index (χ3n) is 3.30. The fourth-order valence-electron chi connectivity index (χ4n) is 1.99. The number of carbonyl (C=O) groups excluding carboxylic acids is 1. The van der Waals surface area contributed by atoms with Crippen molar-refractivity contribution in [1.29, 1.82) is 0 Å². The van der Waals surface area contributed by atoms with E-state index in [0.717, 1.165) is 11.1 Å². The molecule has 1 aromatic heterocycles. The van der Waals surface area contributed by atoms with Gasteiger partial charge in [0, 0.05) is 30.4 Å². The summed E-state index contributed by atoms with van der Waals surface area (Å²) in [6, 6.07) is 9.25. The van der Waals surface area contributed by atoms with E-state index in [1.54, 1.807) is 25.3 Å². The highest BCUT2D eigenvalue weighted by atomic mass is 35.5. The number of aryl methyl sites for hydroxylation is 1. The zero-order valence-corrected chi connectivity index (χ0v) is 14.6. The van der Waals surface area contributed by atoms with Gasteiger partial charge in [-0.3, -0.25) is 4.79 Å². The summed E-state index contributed by atoms with van der Waals surface area (Å²) in [5.74, 6) is 0.965. The van der Waals surface area contributed by atoms with Crippen LogP contribution in [0.15, 0.2) is 36.5 Å². The molecule has 2 aromatic rings. The number of nitrogens with zero attached hydrogens (tertiary/aromatic N) is 1. The molecule has 0 atom stereocenters. The lowest BCUT2D eigenvalue weighted by Crippen LogP contribution is -2.19. The molecule has 5 nitrogen and oxygen atoms in total. The summed E-state index contributed by atoms with van der Waals surface area (Å²) in [6.07, 6.45) is 2.10. The lowest BCUT2D eigenvalue weighted by Gasteiger charge is -2.08. The fraction of sp³-hybridized carbons (Fsp3) is 0.333. The van der Waals surface area contributed by atoms with Crippen LogP contribution < -0.4 is 10.1 Å². The molecule has 1 aromatic carbocycles. The van der Waals surface area contributed by atoms with Crippen molar-refractivity contribution in [1.82, 2.24) is 10.3 Å². The van der Waals surface area contributed by atoms with Crippen LogP contribution in [0.2, 0.25) is 5.02 Å². The number of rotatable bonds is 8. The van der Waals surface area contributed by atoms with Crippen LogP contribution in [0, 0.1) is 6.92 Å². The molecule has 128 valence electrons. The Kier molecular flexibility index (Phi) is 7.03. The van der Waals surface area contributed by atoms with E-state index in [2.05, 4.69) is 10.3 Å². The molecule has 0 spiro atoms. The first-order chi connectivity index (χ1) is 11.6. The number of benzene rings is 1. The Morgan fingerprint density at radius 3 is 2.79 bits per heavy atom. The second-order valence-corrected chi connectivity index (χ2v) is 5.66. The molecule has 1 heterocycles. The SMILES string of the molecule is CCOC(=O)CCNCc1ccc(Oc2ccc(C)c(Cl)c2)nc1. The quantitative estimate of drug-likeness (QED) is 0.579. The number of halogens is 1. The van der Waals surface area contributed by atoms with Crippen LogP contribution in [0.4, 0.5) is 0 Å². The Hall–Kier alpha value is -2.11. The standard InChI is InChI=1S/C18H21ClN2O3/c1-3-23-18(22)8-9-20-11-14-5-7-17(21-12-14)24-15-6-4-13(2)16(19)10-15/h4-7,10,12,20H,3,8-9,11H2,1-2H3. The van der Waals surface area contributed by atoms with E-state index in [0.29, 0.717) is 42.8 Å². The minimum Gasteiger partial charge on any atom is -0.466 e. The molecule has 0 aliphatic carbocycles. The van der Waals surface area contributed by atoms with Crippen molar-refractivity contribution >= 4 is 17.6 Å². The number of carbonyl (C=O) groups is 1. The summed E-state index contributed by atoms with van der Waals surface area (Å²) in [5, 5.41) is 3.84. The minimum atomic E-state index is -0.191. The van der Waals surface area contributed by atoms with Crippen LogP contribution in [0.3, 0.4) is 0 Å². The molecule has 0 aliphatic heterocycles. The molecule has 0 fully saturated rings. The van der Waals surface area contributed by atoms with Gasteiger partial charge in [-0.15, -0.1) is 0 Å². The third kappa shape index (κ3) is 5.83. The molecule has 0 amide bonds. The van der Waals surface area contributed by atoms with E-state index in [1.807, 2.05) is 25.1 Å². The molecule has 0 unspecified atom stereocenters. The summed E-state index contributed by atoms with van der Waals surface area (Å²) in [5.41, 5.74) is 2.01. The van der Waals surface area contributed by atoms with Gasteiger partial charge in [-0.2, -0.15) is 0 Å². The van der Waals surface area contributed by atoms with Gasteiger partial charge in [0.2, 0.25) is 5.88 Å². The van der Waals surface area contributed by atoms with Crippen LogP contribution in [-0.2, 0) is 16.1 Å². The van der Waals surface area contributed by atoms with E-state index in [9.17, 15) is 4.79 Å². The zero-order chi connectivity index (χ0) is 17.4. The average molecular weight is 349 g/mol. The van der Waals surface area contributed by atoms with Gasteiger partial charge in [-0.25, -0.2) is 4.98 Å². The van der Waals surface area contributed by atoms with Crippen molar-refractivity contribution in [3.63, 3.8) is 0 Å². The van der Waals surface area contributed by atoms with Crippen molar-refractivity contribution in [3.8, 4) is 11.6 Å². The molecule has 0 saturated carbocycles. The highest BCUT2D eigenvalue weighted by Gasteiger charge is 2.03. The molecular weight excluding hydrogens is 328 g/mol. The van der Waals surface area contributed by atoms with Gasteiger partial charge < -0.3 is 14.8 Å².